The van der Waals surface area contributed by atoms with Crippen molar-refractivity contribution in [3.8, 4) is 0 Å². The molecule has 20 heavy (non-hydrogen) atoms. The summed E-state index contributed by atoms with van der Waals surface area (Å²) in [6.45, 7) is 4.20. The largest absolute Gasteiger partial charge is 0.384 e. The molecule has 1 atom stereocenters. The minimum atomic E-state index is -0.534. The Morgan fingerprint density at radius 3 is 2.85 bits per heavy atom. The maximum atomic E-state index is 12.1. The SMILES string of the molecule is COCCc1nsc(NC2CC(=O)N(C(C)C)C2=O)n1. The number of nitrogens with one attached hydrogen (secondary N) is 1. The number of hydrogen-bond donors (Lipinski definition) is 1. The van der Waals surface area contributed by atoms with Crippen LogP contribution < -0.4 is 5.32 Å². The van der Waals surface area contributed by atoms with E-state index in [0.717, 1.165) is 0 Å². The third-order valence-corrected chi connectivity index (χ3v) is 3.68. The molecule has 1 unspecified atom stereocenters. The molecule has 1 N–H and O–H groups in total. The second-order valence-corrected chi connectivity index (χ2v) is 5.61. The maximum Gasteiger partial charge on any atom is 0.252 e. The van der Waals surface area contributed by atoms with E-state index in [4.69, 9.17) is 4.74 Å². The molecule has 8 heteroatoms. The van der Waals surface area contributed by atoms with Gasteiger partial charge in [0.15, 0.2) is 0 Å². The fraction of sp³-hybridized carbons (Fsp3) is 0.667. The van der Waals surface area contributed by atoms with Crippen molar-refractivity contribution in [2.75, 3.05) is 19.0 Å². The summed E-state index contributed by atoms with van der Waals surface area (Å²) < 4.78 is 9.13. The fourth-order valence-corrected chi connectivity index (χ4v) is 2.73. The van der Waals surface area contributed by atoms with E-state index in [0.29, 0.717) is 24.0 Å². The number of methoxy groups -OCH3 is 1. The quantitative estimate of drug-likeness (QED) is 0.777. The first-order chi connectivity index (χ1) is 9.52. The number of carbonyl (C=O) groups is 2. The summed E-state index contributed by atoms with van der Waals surface area (Å²) in [5.41, 5.74) is 0. The molecule has 7 nitrogen and oxygen atoms in total. The number of likely N-dealkylation sites (tertiary alicyclic amines) is 1. The number of amides is 2. The highest BCUT2D eigenvalue weighted by atomic mass is 32.1. The van der Waals surface area contributed by atoms with Gasteiger partial charge < -0.3 is 10.1 Å². The van der Waals surface area contributed by atoms with Crippen molar-refractivity contribution in [2.45, 2.75) is 38.8 Å². The van der Waals surface area contributed by atoms with Gasteiger partial charge in [-0.25, -0.2) is 4.98 Å². The summed E-state index contributed by atoms with van der Waals surface area (Å²) in [7, 11) is 1.62. The summed E-state index contributed by atoms with van der Waals surface area (Å²) in [4.78, 5) is 29.5. The third kappa shape index (κ3) is 3.13. The lowest BCUT2D eigenvalue weighted by atomic mass is 10.2. The molecule has 0 aromatic carbocycles. The average molecular weight is 298 g/mol. The molecule has 2 heterocycles. The number of anilines is 1. The molecule has 0 radical (unpaired) electrons. The zero-order valence-corrected chi connectivity index (χ0v) is 12.6. The number of carbonyl (C=O) groups excluding carboxylic acids is 2. The molecular formula is C12H18N4O3S. The Labute approximate surface area is 121 Å². The first kappa shape index (κ1) is 14.9. The molecule has 0 bridgehead atoms. The van der Waals surface area contributed by atoms with E-state index in [1.54, 1.807) is 7.11 Å². The zero-order valence-electron chi connectivity index (χ0n) is 11.8. The summed E-state index contributed by atoms with van der Waals surface area (Å²) in [5, 5.41) is 3.56. The molecule has 0 aliphatic carbocycles. The van der Waals surface area contributed by atoms with E-state index in [1.165, 1.54) is 16.4 Å². The van der Waals surface area contributed by atoms with Crippen LogP contribution in [0.3, 0.4) is 0 Å². The highest BCUT2D eigenvalue weighted by molar-refractivity contribution is 7.09. The lowest BCUT2D eigenvalue weighted by Gasteiger charge is -2.18. The van der Waals surface area contributed by atoms with Gasteiger partial charge in [-0.2, -0.15) is 4.37 Å². The summed E-state index contributed by atoms with van der Waals surface area (Å²) in [6, 6.07) is -0.651. The van der Waals surface area contributed by atoms with Crippen LogP contribution in [0.2, 0.25) is 0 Å². The van der Waals surface area contributed by atoms with Crippen molar-refractivity contribution in [3.63, 3.8) is 0 Å². The molecule has 1 aliphatic heterocycles. The van der Waals surface area contributed by atoms with Crippen molar-refractivity contribution in [1.29, 1.82) is 0 Å². The Hall–Kier alpha value is -1.54. The predicted molar refractivity (Wildman–Crippen MR) is 74.5 cm³/mol. The summed E-state index contributed by atoms with van der Waals surface area (Å²) in [6.07, 6.45) is 0.800. The van der Waals surface area contributed by atoms with Crippen LogP contribution in [0.25, 0.3) is 0 Å². The molecule has 2 amide bonds. The van der Waals surface area contributed by atoms with E-state index in [1.807, 2.05) is 13.8 Å². The van der Waals surface area contributed by atoms with E-state index < -0.39 is 6.04 Å². The van der Waals surface area contributed by atoms with Crippen LogP contribution in [-0.2, 0) is 20.7 Å². The van der Waals surface area contributed by atoms with Gasteiger partial charge in [0.1, 0.15) is 11.9 Å². The molecule has 1 aromatic rings. The van der Waals surface area contributed by atoms with Gasteiger partial charge >= 0.3 is 0 Å². The molecule has 1 saturated heterocycles. The van der Waals surface area contributed by atoms with Gasteiger partial charge in [-0.05, 0) is 13.8 Å². The minimum Gasteiger partial charge on any atom is -0.384 e. The number of rotatable bonds is 6. The Balaban J connectivity index is 1.98. The Kier molecular flexibility index (Phi) is 4.66. The van der Waals surface area contributed by atoms with Crippen LogP contribution in [0, 0.1) is 0 Å². The van der Waals surface area contributed by atoms with E-state index in [9.17, 15) is 9.59 Å². The highest BCUT2D eigenvalue weighted by Gasteiger charge is 2.40. The van der Waals surface area contributed by atoms with Crippen LogP contribution in [0.5, 0.6) is 0 Å². The van der Waals surface area contributed by atoms with Gasteiger partial charge in [0.2, 0.25) is 11.0 Å². The summed E-state index contributed by atoms with van der Waals surface area (Å²) >= 11 is 1.19. The molecule has 1 aromatic heterocycles. The minimum absolute atomic E-state index is 0.117. The van der Waals surface area contributed by atoms with E-state index in [-0.39, 0.29) is 24.3 Å². The van der Waals surface area contributed by atoms with E-state index in [2.05, 4.69) is 14.7 Å². The third-order valence-electron chi connectivity index (χ3n) is 2.99. The van der Waals surface area contributed by atoms with Gasteiger partial charge in [-0.3, -0.25) is 14.5 Å². The standard InChI is InChI=1S/C12H18N4O3S/c1-7(2)16-10(17)6-8(11(16)18)13-12-14-9(15-20-12)4-5-19-3/h7-8H,4-6H2,1-3H3,(H,13,14,15). The second-order valence-electron chi connectivity index (χ2n) is 4.86. The smallest absolute Gasteiger partial charge is 0.252 e. The molecule has 1 fully saturated rings. The highest BCUT2D eigenvalue weighted by Crippen LogP contribution is 2.21. The molecule has 2 rings (SSSR count). The summed E-state index contributed by atoms with van der Waals surface area (Å²) in [5.74, 6) is 0.335. The van der Waals surface area contributed by atoms with Crippen LogP contribution >= 0.6 is 11.5 Å². The van der Waals surface area contributed by atoms with Gasteiger partial charge in [-0.1, -0.05) is 0 Å². The predicted octanol–water partition coefficient (Wildman–Crippen LogP) is 0.675. The van der Waals surface area contributed by atoms with Gasteiger partial charge in [0, 0.05) is 31.1 Å². The number of aromatic nitrogens is 2. The van der Waals surface area contributed by atoms with Crippen LogP contribution in [0.15, 0.2) is 0 Å². The fourth-order valence-electron chi connectivity index (χ4n) is 2.06. The van der Waals surface area contributed by atoms with Crippen molar-refractivity contribution < 1.29 is 14.3 Å². The number of hydrogen-bond acceptors (Lipinski definition) is 7. The van der Waals surface area contributed by atoms with E-state index >= 15 is 0 Å². The Morgan fingerprint density at radius 1 is 1.50 bits per heavy atom. The van der Waals surface area contributed by atoms with Crippen LogP contribution in [-0.4, -0.2) is 51.9 Å². The molecule has 0 spiro atoms. The van der Waals surface area contributed by atoms with Gasteiger partial charge in [0.25, 0.3) is 5.91 Å². The maximum absolute atomic E-state index is 12.1. The first-order valence-corrected chi connectivity index (χ1v) is 7.24. The van der Waals surface area contributed by atoms with Crippen molar-refractivity contribution in [3.05, 3.63) is 5.82 Å². The van der Waals surface area contributed by atoms with Crippen molar-refractivity contribution >= 4 is 28.5 Å². The van der Waals surface area contributed by atoms with Crippen LogP contribution in [0.4, 0.5) is 5.13 Å². The van der Waals surface area contributed by atoms with Gasteiger partial charge in [0.05, 0.1) is 13.0 Å². The monoisotopic (exact) mass is 298 g/mol. The first-order valence-electron chi connectivity index (χ1n) is 6.47. The number of ether oxygens (including phenoxy) is 1. The van der Waals surface area contributed by atoms with Gasteiger partial charge in [-0.15, -0.1) is 0 Å². The molecule has 1 aliphatic rings. The number of nitrogens with zero attached hydrogens (tertiary/aromatic N) is 3. The normalized spacial score (nSPS) is 19.2. The molecular weight excluding hydrogens is 280 g/mol. The average Bonchev–Trinajstić information content (AvgIpc) is 2.93. The zero-order chi connectivity index (χ0) is 14.7. The second kappa shape index (κ2) is 6.27. The number of imide groups is 1. The molecule has 110 valence electrons. The van der Waals surface area contributed by atoms with Crippen molar-refractivity contribution in [2.24, 2.45) is 0 Å². The lowest BCUT2D eigenvalue weighted by Crippen LogP contribution is -2.39. The van der Waals surface area contributed by atoms with Crippen molar-refractivity contribution in [1.82, 2.24) is 14.3 Å². The topological polar surface area (TPSA) is 84.4 Å². The van der Waals surface area contributed by atoms with Crippen LogP contribution in [0.1, 0.15) is 26.1 Å². The lowest BCUT2D eigenvalue weighted by molar-refractivity contribution is -0.140. The Bertz CT molecular complexity index is 503. The Morgan fingerprint density at radius 2 is 2.25 bits per heavy atom. The molecule has 0 saturated carbocycles.